The third kappa shape index (κ3) is 3.69. The van der Waals surface area contributed by atoms with Crippen LogP contribution in [0.25, 0.3) is 21.2 Å². The first-order valence-corrected chi connectivity index (χ1v) is 10.0. The molecule has 26 heavy (non-hydrogen) atoms. The van der Waals surface area contributed by atoms with Gasteiger partial charge in [-0.25, -0.2) is 0 Å². The van der Waals surface area contributed by atoms with Gasteiger partial charge in [-0.3, -0.25) is 14.8 Å². The summed E-state index contributed by atoms with van der Waals surface area (Å²) in [6.45, 7) is 0.245. The fraction of sp³-hybridized carbons (Fsp3) is 0.381. The lowest BCUT2D eigenvalue weighted by Gasteiger charge is -2.26. The number of aromatic nitrogens is 2. The highest BCUT2D eigenvalue weighted by Crippen LogP contribution is 2.30. The van der Waals surface area contributed by atoms with Crippen LogP contribution in [0, 0.1) is 11.8 Å². The Morgan fingerprint density at radius 1 is 1.12 bits per heavy atom. The highest BCUT2D eigenvalue weighted by Gasteiger charge is 2.26. The summed E-state index contributed by atoms with van der Waals surface area (Å²) in [4.78, 5) is 22.4. The molecule has 0 bridgehead atoms. The van der Waals surface area contributed by atoms with Gasteiger partial charge < -0.3 is 5.11 Å². The quantitative estimate of drug-likeness (QED) is 0.732. The van der Waals surface area contributed by atoms with Gasteiger partial charge in [0.15, 0.2) is 0 Å². The second-order valence-corrected chi connectivity index (χ2v) is 8.03. The van der Waals surface area contributed by atoms with Crippen LogP contribution in [0.2, 0.25) is 0 Å². The van der Waals surface area contributed by atoms with Gasteiger partial charge in [0.1, 0.15) is 5.78 Å². The Kier molecular flexibility index (Phi) is 5.09. The van der Waals surface area contributed by atoms with E-state index in [4.69, 9.17) is 0 Å². The number of thiazole rings is 1. The molecule has 0 amide bonds. The van der Waals surface area contributed by atoms with Gasteiger partial charge >= 0.3 is 0 Å². The summed E-state index contributed by atoms with van der Waals surface area (Å²) in [6.07, 6.45) is 7.83. The van der Waals surface area contributed by atoms with E-state index < -0.39 is 0 Å². The van der Waals surface area contributed by atoms with Crippen LogP contribution in [0.15, 0.2) is 42.2 Å². The number of hydrogen-bond donors (Lipinski definition) is 1. The Bertz CT molecular complexity index is 900. The van der Waals surface area contributed by atoms with Crippen molar-refractivity contribution < 1.29 is 9.90 Å². The zero-order chi connectivity index (χ0) is 17.9. The molecule has 1 N–H and O–H groups in total. The minimum Gasteiger partial charge on any atom is -0.396 e. The molecule has 2 aromatic heterocycles. The maximum atomic E-state index is 12.6. The maximum Gasteiger partial charge on any atom is 0.141 e. The molecule has 0 aliphatic heterocycles. The lowest BCUT2D eigenvalue weighted by molar-refractivity contribution is -0.123. The number of benzene rings is 1. The molecule has 1 saturated carbocycles. The van der Waals surface area contributed by atoms with Crippen LogP contribution < -0.4 is 0 Å². The average molecular weight is 366 g/mol. The van der Waals surface area contributed by atoms with E-state index in [2.05, 4.69) is 28.2 Å². The van der Waals surface area contributed by atoms with Crippen LogP contribution in [-0.2, 0) is 11.2 Å². The second-order valence-electron chi connectivity index (χ2n) is 7.15. The molecule has 0 atom stereocenters. The summed E-state index contributed by atoms with van der Waals surface area (Å²) >= 11 is 1.62. The predicted octanol–water partition coefficient (Wildman–Crippen LogP) is 4.27. The standard InChI is InChI=1S/C21H22N2O2S/c24-12-14-1-3-15(4-2-14)20(25)9-19-8-18-7-16(21-11-22-13-26-21)5-6-17(18)10-23-19/h5-8,10-11,13-15,24H,1-4,9,12H2. The first kappa shape index (κ1) is 17.3. The number of carbonyl (C=O) groups is 1. The summed E-state index contributed by atoms with van der Waals surface area (Å²) in [7, 11) is 0. The van der Waals surface area contributed by atoms with E-state index in [1.807, 2.05) is 24.0 Å². The molecule has 0 saturated heterocycles. The van der Waals surface area contributed by atoms with E-state index in [0.29, 0.717) is 12.3 Å². The highest BCUT2D eigenvalue weighted by atomic mass is 32.1. The molecule has 1 fully saturated rings. The molecular weight excluding hydrogens is 344 g/mol. The molecule has 4 nitrogen and oxygen atoms in total. The summed E-state index contributed by atoms with van der Waals surface area (Å²) in [5.41, 5.74) is 3.82. The number of carbonyl (C=O) groups excluding carboxylic acids is 1. The molecule has 134 valence electrons. The summed E-state index contributed by atoms with van der Waals surface area (Å²) in [5.74, 6) is 0.786. The van der Waals surface area contributed by atoms with Gasteiger partial charge in [0.25, 0.3) is 0 Å². The fourth-order valence-corrected chi connectivity index (χ4v) is 4.40. The van der Waals surface area contributed by atoms with Crippen LogP contribution in [0.4, 0.5) is 0 Å². The summed E-state index contributed by atoms with van der Waals surface area (Å²) in [5, 5.41) is 11.4. The number of pyridine rings is 1. The van der Waals surface area contributed by atoms with Crippen LogP contribution in [-0.4, -0.2) is 27.5 Å². The van der Waals surface area contributed by atoms with Crippen LogP contribution >= 0.6 is 11.3 Å². The minimum absolute atomic E-state index is 0.124. The van der Waals surface area contributed by atoms with Crippen LogP contribution in [0.3, 0.4) is 0 Å². The first-order chi connectivity index (χ1) is 12.7. The van der Waals surface area contributed by atoms with Gasteiger partial charge in [0, 0.05) is 42.4 Å². The van der Waals surface area contributed by atoms with E-state index in [0.717, 1.165) is 52.6 Å². The Labute approximate surface area is 156 Å². The lowest BCUT2D eigenvalue weighted by atomic mass is 9.79. The third-order valence-electron chi connectivity index (χ3n) is 5.41. The van der Waals surface area contributed by atoms with Gasteiger partial charge in [-0.2, -0.15) is 0 Å². The molecule has 1 aliphatic carbocycles. The van der Waals surface area contributed by atoms with Gasteiger partial charge in [-0.05, 0) is 54.7 Å². The van der Waals surface area contributed by atoms with Crippen molar-refractivity contribution in [1.29, 1.82) is 0 Å². The van der Waals surface area contributed by atoms with Crippen LogP contribution in [0.5, 0.6) is 0 Å². The largest absolute Gasteiger partial charge is 0.396 e. The molecule has 0 radical (unpaired) electrons. The first-order valence-electron chi connectivity index (χ1n) is 9.14. The average Bonchev–Trinajstić information content (AvgIpc) is 3.22. The normalized spacial score (nSPS) is 20.3. The van der Waals surface area contributed by atoms with Gasteiger partial charge in [-0.15, -0.1) is 11.3 Å². The van der Waals surface area contributed by atoms with Gasteiger partial charge in [0.05, 0.1) is 10.4 Å². The fourth-order valence-electron chi connectivity index (χ4n) is 3.78. The van der Waals surface area contributed by atoms with Gasteiger partial charge in [-0.1, -0.05) is 12.1 Å². The van der Waals surface area contributed by atoms with E-state index in [1.165, 1.54) is 0 Å². The number of ketones is 1. The van der Waals surface area contributed by atoms with E-state index >= 15 is 0 Å². The number of Topliss-reactive ketones (excluding diaryl/α,β-unsaturated/α-hetero) is 1. The molecule has 2 heterocycles. The monoisotopic (exact) mass is 366 g/mol. The second kappa shape index (κ2) is 7.64. The van der Waals surface area contributed by atoms with Crippen molar-refractivity contribution in [2.75, 3.05) is 6.61 Å². The lowest BCUT2D eigenvalue weighted by Crippen LogP contribution is -2.24. The molecule has 5 heteroatoms. The zero-order valence-electron chi connectivity index (χ0n) is 14.6. The van der Waals surface area contributed by atoms with Crippen LogP contribution in [0.1, 0.15) is 31.4 Å². The summed E-state index contributed by atoms with van der Waals surface area (Å²) < 4.78 is 0. The summed E-state index contributed by atoms with van der Waals surface area (Å²) in [6, 6.07) is 8.34. The maximum absolute atomic E-state index is 12.6. The Balaban J connectivity index is 1.50. The Morgan fingerprint density at radius 2 is 1.96 bits per heavy atom. The van der Waals surface area contributed by atoms with Crippen molar-refractivity contribution in [2.45, 2.75) is 32.1 Å². The van der Waals surface area contributed by atoms with Crippen molar-refractivity contribution in [1.82, 2.24) is 9.97 Å². The van der Waals surface area contributed by atoms with Crippen molar-refractivity contribution in [3.63, 3.8) is 0 Å². The number of hydrogen-bond acceptors (Lipinski definition) is 5. The van der Waals surface area contributed by atoms with Crippen molar-refractivity contribution >= 4 is 27.9 Å². The molecule has 0 spiro atoms. The number of rotatable bonds is 5. The predicted molar refractivity (Wildman–Crippen MR) is 104 cm³/mol. The van der Waals surface area contributed by atoms with Crippen molar-refractivity contribution in [3.8, 4) is 10.4 Å². The van der Waals surface area contributed by atoms with Crippen molar-refractivity contribution in [3.05, 3.63) is 47.9 Å². The highest BCUT2D eigenvalue weighted by molar-refractivity contribution is 7.13. The smallest absolute Gasteiger partial charge is 0.141 e. The molecule has 3 aromatic rings. The number of fused-ring (bicyclic) bond motifs is 1. The third-order valence-corrected chi connectivity index (χ3v) is 6.23. The Morgan fingerprint density at radius 3 is 2.69 bits per heavy atom. The Hall–Kier alpha value is -2.11. The molecule has 4 rings (SSSR count). The van der Waals surface area contributed by atoms with E-state index in [1.54, 1.807) is 11.3 Å². The topological polar surface area (TPSA) is 63.1 Å². The van der Waals surface area contributed by atoms with E-state index in [-0.39, 0.29) is 18.3 Å². The molecular formula is C21H22N2O2S. The number of aliphatic hydroxyl groups excluding tert-OH is 1. The SMILES string of the molecule is O=C(Cc1cc2cc(-c3cncs3)ccc2cn1)C1CCC(CO)CC1. The molecule has 1 aliphatic rings. The number of aliphatic hydroxyl groups is 1. The molecule has 0 unspecified atom stereocenters. The van der Waals surface area contributed by atoms with Crippen molar-refractivity contribution in [2.24, 2.45) is 11.8 Å². The zero-order valence-corrected chi connectivity index (χ0v) is 15.4. The van der Waals surface area contributed by atoms with Gasteiger partial charge in [0.2, 0.25) is 0 Å². The minimum atomic E-state index is 0.124. The number of nitrogens with zero attached hydrogens (tertiary/aromatic N) is 2. The molecule has 1 aromatic carbocycles. The van der Waals surface area contributed by atoms with E-state index in [9.17, 15) is 9.90 Å².